The number of phenolic OH excluding ortho intramolecular Hbond substituents is 1. The van der Waals surface area contributed by atoms with Gasteiger partial charge in [0.05, 0.1) is 6.61 Å². The molecule has 5 rings (SSSR count). The van der Waals surface area contributed by atoms with E-state index in [0.29, 0.717) is 6.61 Å². The number of aromatic hydroxyl groups is 1. The van der Waals surface area contributed by atoms with E-state index in [2.05, 4.69) is 29.2 Å². The van der Waals surface area contributed by atoms with Gasteiger partial charge in [-0.05, 0) is 79.5 Å². The summed E-state index contributed by atoms with van der Waals surface area (Å²) >= 11 is 1.90. The number of rotatable bonds is 6. The first kappa shape index (κ1) is 21.4. The third-order valence-electron chi connectivity index (χ3n) is 6.56. The predicted octanol–water partition coefficient (Wildman–Crippen LogP) is 6.03. The fraction of sp³-hybridized carbons (Fsp3) is 0.333. The van der Waals surface area contributed by atoms with Crippen LogP contribution in [0.5, 0.6) is 11.5 Å². The topological polar surface area (TPSA) is 32.7 Å². The van der Waals surface area contributed by atoms with Crippen LogP contribution in [0.4, 0.5) is 4.39 Å². The summed E-state index contributed by atoms with van der Waals surface area (Å²) in [5.74, 6) is 1.96. The van der Waals surface area contributed by atoms with Crippen LogP contribution in [0.3, 0.4) is 0 Å². The van der Waals surface area contributed by atoms with Gasteiger partial charge in [-0.15, -0.1) is 11.8 Å². The number of nitrogens with zero attached hydrogens (tertiary/aromatic N) is 1. The van der Waals surface area contributed by atoms with E-state index < -0.39 is 0 Å². The zero-order chi connectivity index (χ0) is 21.9. The van der Waals surface area contributed by atoms with Crippen molar-refractivity contribution in [3.05, 3.63) is 89.2 Å². The average molecular weight is 450 g/mol. The number of likely N-dealkylation sites (tertiary alicyclic amines) is 1. The van der Waals surface area contributed by atoms with Crippen molar-refractivity contribution in [2.75, 3.05) is 32.0 Å². The first-order valence-corrected chi connectivity index (χ1v) is 12.3. The van der Waals surface area contributed by atoms with Gasteiger partial charge < -0.3 is 14.7 Å². The summed E-state index contributed by atoms with van der Waals surface area (Å²) in [5, 5.41) is 10.2. The smallest absolute Gasteiger partial charge is 0.123 e. The van der Waals surface area contributed by atoms with Crippen molar-refractivity contribution < 1.29 is 14.2 Å². The van der Waals surface area contributed by atoms with Crippen LogP contribution in [0.2, 0.25) is 0 Å². The summed E-state index contributed by atoms with van der Waals surface area (Å²) in [6.07, 6.45) is 2.66. The molecular weight excluding hydrogens is 421 g/mol. The molecule has 32 heavy (non-hydrogen) atoms. The molecule has 0 spiro atoms. The Balaban J connectivity index is 1.40. The molecule has 0 aromatic heterocycles. The molecule has 166 valence electrons. The second kappa shape index (κ2) is 9.55. The van der Waals surface area contributed by atoms with Gasteiger partial charge in [0.2, 0.25) is 0 Å². The quantitative estimate of drug-likeness (QED) is 0.466. The lowest BCUT2D eigenvalue weighted by molar-refractivity contribution is 0.248. The number of ether oxygens (including phenoxy) is 1. The molecular formula is C27H28FNO2S. The largest absolute Gasteiger partial charge is 0.508 e. The molecule has 1 fully saturated rings. The van der Waals surface area contributed by atoms with E-state index in [1.165, 1.54) is 48.5 Å². The number of fused-ring (bicyclic) bond motifs is 1. The maximum atomic E-state index is 13.5. The highest BCUT2D eigenvalue weighted by molar-refractivity contribution is 7.99. The number of halogens is 1. The molecule has 0 amide bonds. The van der Waals surface area contributed by atoms with E-state index in [9.17, 15) is 9.50 Å². The van der Waals surface area contributed by atoms with Gasteiger partial charge in [-0.2, -0.15) is 0 Å². The minimum atomic E-state index is -0.240. The van der Waals surface area contributed by atoms with E-state index in [-0.39, 0.29) is 23.4 Å². The lowest BCUT2D eigenvalue weighted by Gasteiger charge is -2.34. The fourth-order valence-electron chi connectivity index (χ4n) is 4.88. The second-order valence-electron chi connectivity index (χ2n) is 8.64. The van der Waals surface area contributed by atoms with Crippen LogP contribution in [-0.2, 0) is 0 Å². The Morgan fingerprint density at radius 2 is 1.66 bits per heavy atom. The second-order valence-corrected chi connectivity index (χ2v) is 9.80. The van der Waals surface area contributed by atoms with Crippen LogP contribution in [-0.4, -0.2) is 42.0 Å². The number of hydrogen-bond donors (Lipinski definition) is 1. The van der Waals surface area contributed by atoms with Crippen molar-refractivity contribution in [1.29, 1.82) is 0 Å². The van der Waals surface area contributed by atoms with Crippen LogP contribution >= 0.6 is 11.8 Å². The Kier molecular flexibility index (Phi) is 6.37. The zero-order valence-corrected chi connectivity index (χ0v) is 18.9. The third kappa shape index (κ3) is 4.64. The Hall–Kier alpha value is -2.50. The maximum absolute atomic E-state index is 13.5. The molecule has 3 aromatic carbocycles. The van der Waals surface area contributed by atoms with E-state index in [4.69, 9.17) is 4.74 Å². The highest BCUT2D eigenvalue weighted by atomic mass is 32.2. The molecule has 3 aromatic rings. The third-order valence-corrected chi connectivity index (χ3v) is 7.55. The van der Waals surface area contributed by atoms with Crippen LogP contribution < -0.4 is 4.74 Å². The van der Waals surface area contributed by atoms with Crippen molar-refractivity contribution in [3.63, 3.8) is 0 Å². The van der Waals surface area contributed by atoms with E-state index in [1.807, 2.05) is 30.0 Å². The summed E-state index contributed by atoms with van der Waals surface area (Å²) in [6.45, 7) is 4.13. The molecule has 5 heteroatoms. The molecule has 1 N–H and O–H groups in total. The average Bonchev–Trinajstić information content (AvgIpc) is 3.33. The number of phenols is 1. The molecule has 2 atom stereocenters. The van der Waals surface area contributed by atoms with Gasteiger partial charge in [-0.1, -0.05) is 24.3 Å². The molecule has 0 unspecified atom stereocenters. The Morgan fingerprint density at radius 3 is 2.41 bits per heavy atom. The molecule has 2 aliphatic heterocycles. The molecule has 2 heterocycles. The van der Waals surface area contributed by atoms with Crippen molar-refractivity contribution in [2.45, 2.75) is 29.6 Å². The SMILES string of the molecule is Oc1ccc2c(c1)[C@H](c1ccc(SCCN3CCCC3)cc1)[C@H](c1ccc(F)cc1)CO2. The minimum Gasteiger partial charge on any atom is -0.508 e. The number of hydrogen-bond acceptors (Lipinski definition) is 4. The lowest BCUT2D eigenvalue weighted by Crippen LogP contribution is -2.25. The summed E-state index contributed by atoms with van der Waals surface area (Å²) in [5.41, 5.74) is 3.19. The van der Waals surface area contributed by atoms with Crippen LogP contribution in [0, 0.1) is 5.82 Å². The highest BCUT2D eigenvalue weighted by Crippen LogP contribution is 2.47. The Labute approximate surface area is 193 Å². The van der Waals surface area contributed by atoms with Crippen LogP contribution in [0.15, 0.2) is 71.6 Å². The normalized spacial score (nSPS) is 20.7. The van der Waals surface area contributed by atoms with Crippen molar-refractivity contribution in [2.24, 2.45) is 0 Å². The Morgan fingerprint density at radius 1 is 0.938 bits per heavy atom. The Bertz CT molecular complexity index is 1050. The highest BCUT2D eigenvalue weighted by Gasteiger charge is 2.33. The first-order valence-electron chi connectivity index (χ1n) is 11.3. The van der Waals surface area contributed by atoms with E-state index in [0.717, 1.165) is 29.2 Å². The number of benzene rings is 3. The molecule has 0 bridgehead atoms. The van der Waals surface area contributed by atoms with Crippen molar-refractivity contribution >= 4 is 11.8 Å². The zero-order valence-electron chi connectivity index (χ0n) is 18.0. The van der Waals surface area contributed by atoms with Crippen molar-refractivity contribution in [1.82, 2.24) is 4.90 Å². The van der Waals surface area contributed by atoms with Crippen LogP contribution in [0.1, 0.15) is 41.4 Å². The monoisotopic (exact) mass is 449 g/mol. The molecule has 1 saturated heterocycles. The molecule has 3 nitrogen and oxygen atoms in total. The summed E-state index contributed by atoms with van der Waals surface area (Å²) in [4.78, 5) is 3.81. The molecule has 0 saturated carbocycles. The first-order chi connectivity index (χ1) is 15.7. The predicted molar refractivity (Wildman–Crippen MR) is 127 cm³/mol. The molecule has 0 aliphatic carbocycles. The van der Waals surface area contributed by atoms with Gasteiger partial charge in [-0.3, -0.25) is 0 Å². The lowest BCUT2D eigenvalue weighted by atomic mass is 9.76. The number of thioether (sulfide) groups is 1. The minimum absolute atomic E-state index is 0.0277. The van der Waals surface area contributed by atoms with Gasteiger partial charge in [0.1, 0.15) is 17.3 Å². The maximum Gasteiger partial charge on any atom is 0.123 e. The molecule has 2 aliphatic rings. The fourth-order valence-corrected chi connectivity index (χ4v) is 5.80. The summed E-state index contributed by atoms with van der Waals surface area (Å²) < 4.78 is 19.6. The van der Waals surface area contributed by atoms with Gasteiger partial charge in [0, 0.05) is 34.6 Å². The van der Waals surface area contributed by atoms with Gasteiger partial charge in [-0.25, -0.2) is 4.39 Å². The summed E-state index contributed by atoms with van der Waals surface area (Å²) in [7, 11) is 0. The van der Waals surface area contributed by atoms with Crippen LogP contribution in [0.25, 0.3) is 0 Å². The van der Waals surface area contributed by atoms with Crippen molar-refractivity contribution in [3.8, 4) is 11.5 Å². The van der Waals surface area contributed by atoms with E-state index >= 15 is 0 Å². The van der Waals surface area contributed by atoms with E-state index in [1.54, 1.807) is 12.1 Å². The van der Waals surface area contributed by atoms with Gasteiger partial charge in [0.15, 0.2) is 0 Å². The summed E-state index contributed by atoms with van der Waals surface area (Å²) in [6, 6.07) is 20.8. The standard InChI is InChI=1S/C27H28FNO2S/c28-21-7-3-19(4-8-21)25-18-31-26-12-9-22(30)17-24(26)27(25)20-5-10-23(11-6-20)32-16-15-29-13-1-2-14-29/h3-12,17,25,27,30H,1-2,13-16,18H2/t25-,27-/m0/s1. The van der Waals surface area contributed by atoms with Gasteiger partial charge in [0.25, 0.3) is 0 Å². The van der Waals surface area contributed by atoms with Gasteiger partial charge >= 0.3 is 0 Å². The molecule has 0 radical (unpaired) electrons.